The molecule has 0 atom stereocenters. The van der Waals surface area contributed by atoms with Gasteiger partial charge in [-0.1, -0.05) is 23.7 Å². The van der Waals surface area contributed by atoms with Crippen LogP contribution in [-0.4, -0.2) is 5.91 Å². The van der Waals surface area contributed by atoms with Crippen LogP contribution in [0.3, 0.4) is 0 Å². The van der Waals surface area contributed by atoms with E-state index >= 15 is 0 Å². The molecule has 1 aromatic carbocycles. The number of aryl methyl sites for hydroxylation is 1. The molecule has 1 aromatic heterocycles. The van der Waals surface area contributed by atoms with Crippen LogP contribution >= 0.6 is 22.9 Å². The highest BCUT2D eigenvalue weighted by Crippen LogP contribution is 2.20. The second-order valence-electron chi connectivity index (χ2n) is 4.10. The normalized spacial score (nSPS) is 10.4. The molecule has 1 N–H and O–H groups in total. The standard InChI is InChI=1S/C14H14ClNOS/c1-9-10(2)18-8-11(9)7-16-14(17)12-5-3-4-6-13(12)15/h3-6,8H,7H2,1-2H3,(H,16,17). The first-order chi connectivity index (χ1) is 8.59. The Balaban J connectivity index is 2.05. The lowest BCUT2D eigenvalue weighted by Gasteiger charge is -2.06. The van der Waals surface area contributed by atoms with E-state index < -0.39 is 0 Å². The molecule has 2 rings (SSSR count). The van der Waals surface area contributed by atoms with Gasteiger partial charge in [-0.15, -0.1) is 11.3 Å². The van der Waals surface area contributed by atoms with Crippen molar-refractivity contribution in [3.8, 4) is 0 Å². The fourth-order valence-electron chi connectivity index (χ4n) is 1.65. The summed E-state index contributed by atoms with van der Waals surface area (Å²) in [5.74, 6) is -0.135. The van der Waals surface area contributed by atoms with E-state index in [1.807, 2.05) is 6.07 Å². The van der Waals surface area contributed by atoms with Crippen LogP contribution in [-0.2, 0) is 6.54 Å². The van der Waals surface area contributed by atoms with Crippen LogP contribution in [0.1, 0.15) is 26.4 Å². The molecule has 2 aromatic rings. The molecule has 0 fully saturated rings. The molecule has 0 aliphatic carbocycles. The third-order valence-electron chi connectivity index (χ3n) is 2.95. The number of amides is 1. The number of rotatable bonds is 3. The van der Waals surface area contributed by atoms with Gasteiger partial charge in [0.25, 0.3) is 5.91 Å². The Morgan fingerprint density at radius 2 is 2.06 bits per heavy atom. The Morgan fingerprint density at radius 1 is 1.33 bits per heavy atom. The molecule has 0 radical (unpaired) electrons. The van der Waals surface area contributed by atoms with Crippen molar-refractivity contribution in [2.45, 2.75) is 20.4 Å². The summed E-state index contributed by atoms with van der Waals surface area (Å²) in [5, 5.41) is 5.45. The molecule has 0 spiro atoms. The summed E-state index contributed by atoms with van der Waals surface area (Å²) in [6.45, 7) is 4.70. The van der Waals surface area contributed by atoms with Gasteiger partial charge in [0.1, 0.15) is 0 Å². The largest absolute Gasteiger partial charge is 0.348 e. The summed E-state index contributed by atoms with van der Waals surface area (Å²) in [7, 11) is 0. The van der Waals surface area contributed by atoms with Gasteiger partial charge in [-0.2, -0.15) is 0 Å². The van der Waals surface area contributed by atoms with Gasteiger partial charge >= 0.3 is 0 Å². The van der Waals surface area contributed by atoms with Crippen molar-refractivity contribution in [3.05, 3.63) is 56.2 Å². The maximum absolute atomic E-state index is 12.0. The lowest BCUT2D eigenvalue weighted by molar-refractivity contribution is 0.0951. The Kier molecular flexibility index (Phi) is 4.04. The van der Waals surface area contributed by atoms with E-state index in [1.165, 1.54) is 10.4 Å². The predicted molar refractivity (Wildman–Crippen MR) is 76.4 cm³/mol. The number of hydrogen-bond donors (Lipinski definition) is 1. The van der Waals surface area contributed by atoms with Crippen molar-refractivity contribution in [2.24, 2.45) is 0 Å². The molecule has 18 heavy (non-hydrogen) atoms. The number of benzene rings is 1. The van der Waals surface area contributed by atoms with Crippen LogP contribution < -0.4 is 5.32 Å². The molecule has 1 heterocycles. The summed E-state index contributed by atoms with van der Waals surface area (Å²) in [6.07, 6.45) is 0. The Morgan fingerprint density at radius 3 is 2.67 bits per heavy atom. The van der Waals surface area contributed by atoms with Crippen molar-refractivity contribution in [3.63, 3.8) is 0 Å². The molecule has 0 aliphatic heterocycles. The fraction of sp³-hybridized carbons (Fsp3) is 0.214. The number of hydrogen-bond acceptors (Lipinski definition) is 2. The second-order valence-corrected chi connectivity index (χ2v) is 5.60. The third-order valence-corrected chi connectivity index (χ3v) is 4.34. The van der Waals surface area contributed by atoms with Crippen molar-refractivity contribution in [1.82, 2.24) is 5.32 Å². The summed E-state index contributed by atoms with van der Waals surface area (Å²) in [6, 6.07) is 7.06. The highest BCUT2D eigenvalue weighted by Gasteiger charge is 2.10. The summed E-state index contributed by atoms with van der Waals surface area (Å²) in [5.41, 5.74) is 2.93. The first-order valence-corrected chi connectivity index (χ1v) is 6.91. The van der Waals surface area contributed by atoms with Crippen LogP contribution in [0.2, 0.25) is 5.02 Å². The van der Waals surface area contributed by atoms with Crippen LogP contribution in [0.15, 0.2) is 29.6 Å². The molecule has 0 bridgehead atoms. The highest BCUT2D eigenvalue weighted by atomic mass is 35.5. The zero-order valence-electron chi connectivity index (χ0n) is 10.3. The zero-order valence-corrected chi connectivity index (χ0v) is 11.9. The Bertz CT molecular complexity index is 577. The second kappa shape index (κ2) is 5.55. The van der Waals surface area contributed by atoms with Gasteiger partial charge < -0.3 is 5.32 Å². The van der Waals surface area contributed by atoms with Gasteiger partial charge in [-0.25, -0.2) is 0 Å². The van der Waals surface area contributed by atoms with Crippen LogP contribution in [0, 0.1) is 13.8 Å². The maximum Gasteiger partial charge on any atom is 0.253 e. The zero-order chi connectivity index (χ0) is 13.1. The van der Waals surface area contributed by atoms with Gasteiger partial charge in [-0.05, 0) is 42.5 Å². The van der Waals surface area contributed by atoms with E-state index in [9.17, 15) is 4.79 Å². The van der Waals surface area contributed by atoms with Crippen LogP contribution in [0.25, 0.3) is 0 Å². The maximum atomic E-state index is 12.0. The van der Waals surface area contributed by atoms with E-state index in [4.69, 9.17) is 11.6 Å². The molecule has 1 amide bonds. The molecule has 0 unspecified atom stereocenters. The van der Waals surface area contributed by atoms with E-state index in [-0.39, 0.29) is 5.91 Å². The van der Waals surface area contributed by atoms with Gasteiger partial charge in [0.15, 0.2) is 0 Å². The van der Waals surface area contributed by atoms with Gasteiger partial charge in [0.05, 0.1) is 10.6 Å². The van der Waals surface area contributed by atoms with Crippen molar-refractivity contribution < 1.29 is 4.79 Å². The number of carbonyl (C=O) groups is 1. The lowest BCUT2D eigenvalue weighted by Crippen LogP contribution is -2.23. The lowest BCUT2D eigenvalue weighted by atomic mass is 10.1. The van der Waals surface area contributed by atoms with Crippen molar-refractivity contribution >= 4 is 28.8 Å². The summed E-state index contributed by atoms with van der Waals surface area (Å²) >= 11 is 7.68. The quantitative estimate of drug-likeness (QED) is 0.906. The highest BCUT2D eigenvalue weighted by molar-refractivity contribution is 7.10. The average molecular weight is 280 g/mol. The molecular formula is C14H14ClNOS. The average Bonchev–Trinajstić information content (AvgIpc) is 2.68. The minimum absolute atomic E-state index is 0.135. The van der Waals surface area contributed by atoms with E-state index in [0.717, 1.165) is 5.56 Å². The molecule has 4 heteroatoms. The third kappa shape index (κ3) is 2.74. The van der Waals surface area contributed by atoms with Gasteiger partial charge in [-0.3, -0.25) is 4.79 Å². The topological polar surface area (TPSA) is 29.1 Å². The first-order valence-electron chi connectivity index (χ1n) is 5.66. The monoisotopic (exact) mass is 279 g/mol. The molecule has 0 aliphatic rings. The summed E-state index contributed by atoms with van der Waals surface area (Å²) < 4.78 is 0. The van der Waals surface area contributed by atoms with E-state index in [0.29, 0.717) is 17.1 Å². The number of thiophene rings is 1. The molecule has 0 saturated heterocycles. The number of halogens is 1. The minimum atomic E-state index is -0.135. The molecule has 2 nitrogen and oxygen atoms in total. The molecule has 0 saturated carbocycles. The predicted octanol–water partition coefficient (Wildman–Crippen LogP) is 3.95. The summed E-state index contributed by atoms with van der Waals surface area (Å²) in [4.78, 5) is 13.3. The molecular weight excluding hydrogens is 266 g/mol. The van der Waals surface area contributed by atoms with Crippen LogP contribution in [0.4, 0.5) is 0 Å². The SMILES string of the molecule is Cc1scc(CNC(=O)c2ccccc2Cl)c1C. The van der Waals surface area contributed by atoms with E-state index in [2.05, 4.69) is 24.5 Å². The smallest absolute Gasteiger partial charge is 0.253 e. The minimum Gasteiger partial charge on any atom is -0.348 e. The van der Waals surface area contributed by atoms with Crippen molar-refractivity contribution in [1.29, 1.82) is 0 Å². The number of carbonyl (C=O) groups excluding carboxylic acids is 1. The fourth-order valence-corrected chi connectivity index (χ4v) is 2.76. The van der Waals surface area contributed by atoms with E-state index in [1.54, 1.807) is 29.5 Å². The Labute approximate surface area is 116 Å². The Hall–Kier alpha value is -1.32. The van der Waals surface area contributed by atoms with Crippen molar-refractivity contribution in [2.75, 3.05) is 0 Å². The van der Waals surface area contributed by atoms with Gasteiger partial charge in [0, 0.05) is 11.4 Å². The van der Waals surface area contributed by atoms with Gasteiger partial charge in [0.2, 0.25) is 0 Å². The molecule has 94 valence electrons. The first kappa shape index (κ1) is 13.1. The number of nitrogens with one attached hydrogen (secondary N) is 1. The van der Waals surface area contributed by atoms with Crippen LogP contribution in [0.5, 0.6) is 0 Å².